The van der Waals surface area contributed by atoms with Crippen LogP contribution >= 0.6 is 11.6 Å². The number of Topliss-reactive ketones (excluding diaryl/α,β-unsaturated/α-hetero) is 1. The Morgan fingerprint density at radius 3 is 2.70 bits per heavy atom. The molecule has 4 nitrogen and oxygen atoms in total. The van der Waals surface area contributed by atoms with E-state index in [1.807, 2.05) is 0 Å². The number of carbonyl (C=O) groups is 1. The molecular formula is C15H17ClN2O2. The van der Waals surface area contributed by atoms with E-state index >= 15 is 0 Å². The molecular weight excluding hydrogens is 276 g/mol. The number of allylic oxidation sites excluding steroid dienone is 1. The maximum Gasteiger partial charge on any atom is 0.166 e. The number of methoxy groups -OCH3 is 1. The third-order valence-corrected chi connectivity index (χ3v) is 3.67. The first-order valence-corrected chi connectivity index (χ1v) is 6.83. The Morgan fingerprint density at radius 2 is 2.15 bits per heavy atom. The van der Waals surface area contributed by atoms with Crippen LogP contribution in [0, 0.1) is 5.41 Å². The first kappa shape index (κ1) is 14.6. The van der Waals surface area contributed by atoms with Crippen molar-refractivity contribution in [1.82, 2.24) is 5.32 Å². The minimum Gasteiger partial charge on any atom is -0.497 e. The molecule has 1 aliphatic rings. The highest BCUT2D eigenvalue weighted by Crippen LogP contribution is 2.31. The van der Waals surface area contributed by atoms with Gasteiger partial charge in [0.15, 0.2) is 5.78 Å². The van der Waals surface area contributed by atoms with E-state index in [0.29, 0.717) is 46.2 Å². The maximum absolute atomic E-state index is 12.1. The standard InChI is InChI=1S/C15H17ClN2O2/c1-18-15(14-12(17)4-3-5-13(14)19)10-7-6-9(20-2)8-11(10)16/h6-8,17-18H,3-5H2,1-2H3/b15-14+,17-12?. The van der Waals surface area contributed by atoms with Crippen molar-refractivity contribution in [3.8, 4) is 5.75 Å². The monoisotopic (exact) mass is 292 g/mol. The molecule has 2 N–H and O–H groups in total. The average Bonchev–Trinajstić information content (AvgIpc) is 2.43. The molecule has 1 aliphatic carbocycles. The summed E-state index contributed by atoms with van der Waals surface area (Å²) in [4.78, 5) is 12.1. The van der Waals surface area contributed by atoms with Crippen LogP contribution in [0.1, 0.15) is 24.8 Å². The van der Waals surface area contributed by atoms with Crippen LogP contribution in [0.4, 0.5) is 0 Å². The van der Waals surface area contributed by atoms with E-state index in [4.69, 9.17) is 21.7 Å². The van der Waals surface area contributed by atoms with Gasteiger partial charge in [0.2, 0.25) is 0 Å². The molecule has 0 heterocycles. The summed E-state index contributed by atoms with van der Waals surface area (Å²) in [6.07, 6.45) is 1.85. The number of rotatable bonds is 3. The van der Waals surface area contributed by atoms with Gasteiger partial charge >= 0.3 is 0 Å². The molecule has 0 saturated heterocycles. The van der Waals surface area contributed by atoms with Crippen molar-refractivity contribution >= 4 is 28.8 Å². The van der Waals surface area contributed by atoms with Crippen LogP contribution in [0.3, 0.4) is 0 Å². The molecule has 0 radical (unpaired) electrons. The third kappa shape index (κ3) is 2.70. The Hall–Kier alpha value is -1.81. The molecule has 0 spiro atoms. The van der Waals surface area contributed by atoms with Gasteiger partial charge in [-0.3, -0.25) is 4.79 Å². The summed E-state index contributed by atoms with van der Waals surface area (Å²) in [6, 6.07) is 5.29. The SMILES string of the molecule is CN/C(=C1\C(=N)CCCC1=O)c1ccc(OC)cc1Cl. The minimum absolute atomic E-state index is 0.00233. The van der Waals surface area contributed by atoms with E-state index in [2.05, 4.69) is 5.32 Å². The zero-order chi connectivity index (χ0) is 14.7. The van der Waals surface area contributed by atoms with E-state index in [0.717, 1.165) is 6.42 Å². The van der Waals surface area contributed by atoms with Crippen molar-refractivity contribution in [2.75, 3.05) is 14.2 Å². The Kier molecular flexibility index (Phi) is 4.45. The van der Waals surface area contributed by atoms with Crippen molar-refractivity contribution in [1.29, 1.82) is 5.41 Å². The highest BCUT2D eigenvalue weighted by atomic mass is 35.5. The highest BCUT2D eigenvalue weighted by Gasteiger charge is 2.25. The first-order valence-electron chi connectivity index (χ1n) is 6.45. The first-order chi connectivity index (χ1) is 9.58. The molecule has 2 rings (SSSR count). The second kappa shape index (κ2) is 6.09. The largest absolute Gasteiger partial charge is 0.497 e. The molecule has 1 aromatic carbocycles. The van der Waals surface area contributed by atoms with E-state index in [9.17, 15) is 4.79 Å². The topological polar surface area (TPSA) is 62.2 Å². The second-order valence-corrected chi connectivity index (χ2v) is 5.01. The Bertz CT molecular complexity index is 576. The quantitative estimate of drug-likeness (QED) is 0.842. The molecule has 1 aromatic rings. The van der Waals surface area contributed by atoms with Gasteiger partial charge in [-0.2, -0.15) is 0 Å². The van der Waals surface area contributed by atoms with Gasteiger partial charge in [-0.1, -0.05) is 11.6 Å². The van der Waals surface area contributed by atoms with Crippen molar-refractivity contribution < 1.29 is 9.53 Å². The van der Waals surface area contributed by atoms with Gasteiger partial charge in [0.25, 0.3) is 0 Å². The Balaban J connectivity index is 2.56. The zero-order valence-corrected chi connectivity index (χ0v) is 12.3. The summed E-state index contributed by atoms with van der Waals surface area (Å²) in [5.41, 5.74) is 2.15. The van der Waals surface area contributed by atoms with Crippen molar-refractivity contribution in [2.45, 2.75) is 19.3 Å². The molecule has 1 saturated carbocycles. The average molecular weight is 293 g/mol. The molecule has 0 atom stereocenters. The van der Waals surface area contributed by atoms with Crippen LogP contribution in [0.2, 0.25) is 5.02 Å². The number of ether oxygens (including phenoxy) is 1. The van der Waals surface area contributed by atoms with Crippen molar-refractivity contribution in [2.24, 2.45) is 0 Å². The molecule has 5 heteroatoms. The van der Waals surface area contributed by atoms with E-state index in [1.54, 1.807) is 32.4 Å². The fourth-order valence-electron chi connectivity index (χ4n) is 2.35. The van der Waals surface area contributed by atoms with Crippen LogP contribution in [0.25, 0.3) is 5.70 Å². The fourth-order valence-corrected chi connectivity index (χ4v) is 2.62. The van der Waals surface area contributed by atoms with Gasteiger partial charge < -0.3 is 15.5 Å². The molecule has 0 bridgehead atoms. The molecule has 0 aromatic heterocycles. The van der Waals surface area contributed by atoms with Gasteiger partial charge in [0.05, 0.1) is 23.4 Å². The van der Waals surface area contributed by atoms with Gasteiger partial charge in [-0.05, 0) is 31.0 Å². The molecule has 106 valence electrons. The molecule has 0 amide bonds. The number of benzene rings is 1. The molecule has 0 unspecified atom stereocenters. The van der Waals surface area contributed by atoms with E-state index in [1.165, 1.54) is 0 Å². The van der Waals surface area contributed by atoms with E-state index in [-0.39, 0.29) is 5.78 Å². The van der Waals surface area contributed by atoms with Crippen LogP contribution in [-0.4, -0.2) is 25.7 Å². The molecule has 0 aliphatic heterocycles. The number of nitrogens with one attached hydrogen (secondary N) is 2. The summed E-state index contributed by atoms with van der Waals surface area (Å²) >= 11 is 6.26. The number of hydrogen-bond donors (Lipinski definition) is 2. The van der Waals surface area contributed by atoms with Crippen LogP contribution < -0.4 is 10.1 Å². The predicted octanol–water partition coefficient (Wildman–Crippen LogP) is 3.05. The summed E-state index contributed by atoms with van der Waals surface area (Å²) in [5.74, 6) is 0.654. The summed E-state index contributed by atoms with van der Waals surface area (Å²) < 4.78 is 5.12. The summed E-state index contributed by atoms with van der Waals surface area (Å²) in [7, 11) is 3.31. The maximum atomic E-state index is 12.1. The number of halogens is 1. The number of ketones is 1. The molecule has 20 heavy (non-hydrogen) atoms. The minimum atomic E-state index is -0.00233. The Labute approximate surface area is 123 Å². The lowest BCUT2D eigenvalue weighted by molar-refractivity contribution is -0.115. The molecule has 1 fully saturated rings. The third-order valence-electron chi connectivity index (χ3n) is 3.36. The van der Waals surface area contributed by atoms with E-state index < -0.39 is 0 Å². The van der Waals surface area contributed by atoms with Crippen LogP contribution in [0.5, 0.6) is 5.75 Å². The number of hydrogen-bond acceptors (Lipinski definition) is 4. The smallest absolute Gasteiger partial charge is 0.166 e. The summed E-state index contributed by atoms with van der Waals surface area (Å²) in [5, 5.41) is 11.5. The van der Waals surface area contributed by atoms with Crippen LogP contribution in [0.15, 0.2) is 23.8 Å². The van der Waals surface area contributed by atoms with Gasteiger partial charge in [-0.15, -0.1) is 0 Å². The van der Waals surface area contributed by atoms with Gasteiger partial charge in [0, 0.05) is 24.7 Å². The highest BCUT2D eigenvalue weighted by molar-refractivity contribution is 6.34. The van der Waals surface area contributed by atoms with Crippen molar-refractivity contribution in [3.05, 3.63) is 34.4 Å². The zero-order valence-electron chi connectivity index (χ0n) is 11.5. The van der Waals surface area contributed by atoms with Crippen LogP contribution in [-0.2, 0) is 4.79 Å². The summed E-state index contributed by atoms with van der Waals surface area (Å²) in [6.45, 7) is 0. The van der Waals surface area contributed by atoms with Gasteiger partial charge in [0.1, 0.15) is 5.75 Å². The number of carbonyl (C=O) groups excluding carboxylic acids is 1. The lowest BCUT2D eigenvalue weighted by Gasteiger charge is -2.20. The lowest BCUT2D eigenvalue weighted by Crippen LogP contribution is -2.23. The second-order valence-electron chi connectivity index (χ2n) is 4.60. The fraction of sp³-hybridized carbons (Fsp3) is 0.333. The predicted molar refractivity (Wildman–Crippen MR) is 80.6 cm³/mol. The Morgan fingerprint density at radius 1 is 1.40 bits per heavy atom. The van der Waals surface area contributed by atoms with Gasteiger partial charge in [-0.25, -0.2) is 0 Å². The van der Waals surface area contributed by atoms with Crippen molar-refractivity contribution in [3.63, 3.8) is 0 Å². The lowest BCUT2D eigenvalue weighted by atomic mass is 9.88. The normalized spacial score (nSPS) is 17.9.